The molecule has 1 amide bonds. The zero-order chi connectivity index (χ0) is 23.8. The van der Waals surface area contributed by atoms with Gasteiger partial charge in [0.05, 0.1) is 11.2 Å². The molecule has 4 heterocycles. The third-order valence-corrected chi connectivity index (χ3v) is 8.62. The van der Waals surface area contributed by atoms with Crippen LogP contribution in [0.25, 0.3) is 16.6 Å². The number of amides is 1. The molecule has 2 saturated heterocycles. The van der Waals surface area contributed by atoms with Gasteiger partial charge in [-0.05, 0) is 74.5 Å². The van der Waals surface area contributed by atoms with Crippen molar-refractivity contribution in [1.82, 2.24) is 19.4 Å². The zero-order valence-electron chi connectivity index (χ0n) is 20.9. The number of hydrogen-bond acceptors (Lipinski definition) is 4. The molecule has 2 aromatic heterocycles. The summed E-state index contributed by atoms with van der Waals surface area (Å²) in [4.78, 5) is 19.7. The highest BCUT2D eigenvalue weighted by Crippen LogP contribution is 2.33. The van der Waals surface area contributed by atoms with E-state index < -0.39 is 0 Å². The maximum absolute atomic E-state index is 12.6. The standard InChI is InChI=1S/C29H37N5O/c1-2-31-14-11-24(12-15-31)22-6-8-23(9-7-22)26-20-28-27(10-13-30-34(28)21-26)32-16-18-33(19-17-32)29(35)25-4-3-5-25/h6-10,13,20-21,24-25H,2-5,11-12,14-19H2,1H3. The molecule has 35 heavy (non-hydrogen) atoms. The number of likely N-dealkylation sites (tertiary alicyclic amines) is 1. The number of carbonyl (C=O) groups excluding carboxylic acids is 1. The highest BCUT2D eigenvalue weighted by Gasteiger charge is 2.31. The first-order valence-electron chi connectivity index (χ1n) is 13.5. The molecular weight excluding hydrogens is 434 g/mol. The van der Waals surface area contributed by atoms with Crippen molar-refractivity contribution in [3.63, 3.8) is 0 Å². The van der Waals surface area contributed by atoms with Crippen molar-refractivity contribution >= 4 is 17.1 Å². The van der Waals surface area contributed by atoms with Crippen molar-refractivity contribution in [3.8, 4) is 11.1 Å². The van der Waals surface area contributed by atoms with Crippen LogP contribution in [0.15, 0.2) is 48.8 Å². The molecule has 2 aliphatic heterocycles. The monoisotopic (exact) mass is 471 g/mol. The molecule has 1 aromatic carbocycles. The summed E-state index contributed by atoms with van der Waals surface area (Å²) >= 11 is 0. The molecule has 6 rings (SSSR count). The number of aromatic nitrogens is 2. The molecule has 6 heteroatoms. The molecule has 0 unspecified atom stereocenters. The zero-order valence-corrected chi connectivity index (χ0v) is 20.9. The van der Waals surface area contributed by atoms with E-state index in [1.54, 1.807) is 0 Å². The number of piperidine rings is 1. The maximum atomic E-state index is 12.6. The number of nitrogens with zero attached hydrogens (tertiary/aromatic N) is 5. The van der Waals surface area contributed by atoms with Crippen LogP contribution in [0, 0.1) is 5.92 Å². The second kappa shape index (κ2) is 9.65. The van der Waals surface area contributed by atoms with Crippen molar-refractivity contribution in [3.05, 3.63) is 54.4 Å². The van der Waals surface area contributed by atoms with Crippen LogP contribution in [0.4, 0.5) is 5.69 Å². The van der Waals surface area contributed by atoms with Crippen LogP contribution in [0.2, 0.25) is 0 Å². The van der Waals surface area contributed by atoms with Gasteiger partial charge in [-0.15, -0.1) is 0 Å². The summed E-state index contributed by atoms with van der Waals surface area (Å²) in [6.45, 7) is 9.24. The molecule has 6 nitrogen and oxygen atoms in total. The van der Waals surface area contributed by atoms with E-state index in [9.17, 15) is 4.79 Å². The third-order valence-electron chi connectivity index (χ3n) is 8.62. The summed E-state index contributed by atoms with van der Waals surface area (Å²) in [6, 6.07) is 13.6. The van der Waals surface area contributed by atoms with E-state index in [0.29, 0.717) is 11.8 Å². The van der Waals surface area contributed by atoms with Crippen molar-refractivity contribution in [1.29, 1.82) is 0 Å². The van der Waals surface area contributed by atoms with Crippen molar-refractivity contribution in [2.75, 3.05) is 50.7 Å². The number of hydrogen-bond donors (Lipinski definition) is 0. The fourth-order valence-corrected chi connectivity index (χ4v) is 6.04. The highest BCUT2D eigenvalue weighted by atomic mass is 16.2. The van der Waals surface area contributed by atoms with E-state index >= 15 is 0 Å². The van der Waals surface area contributed by atoms with E-state index in [1.165, 1.54) is 54.7 Å². The summed E-state index contributed by atoms with van der Waals surface area (Å²) in [6.07, 6.45) is 9.93. The Hall–Kier alpha value is -2.86. The number of carbonyl (C=O) groups is 1. The summed E-state index contributed by atoms with van der Waals surface area (Å²) in [5.74, 6) is 1.35. The van der Waals surface area contributed by atoms with Gasteiger partial charge in [0.25, 0.3) is 0 Å². The lowest BCUT2D eigenvalue weighted by Crippen LogP contribution is -2.51. The lowest BCUT2D eigenvalue weighted by atomic mass is 9.84. The SMILES string of the molecule is CCN1CCC(c2ccc(-c3cc4c(N5CCN(C(=O)C6CCC6)CC5)ccnn4c3)cc2)CC1. The maximum Gasteiger partial charge on any atom is 0.225 e. The van der Waals surface area contributed by atoms with Crippen molar-refractivity contribution < 1.29 is 4.79 Å². The first-order valence-corrected chi connectivity index (χ1v) is 13.5. The minimum atomic E-state index is 0.290. The fraction of sp³-hybridized carbons (Fsp3) is 0.517. The van der Waals surface area contributed by atoms with Gasteiger partial charge in [-0.1, -0.05) is 37.6 Å². The molecular formula is C29H37N5O. The lowest BCUT2D eigenvalue weighted by molar-refractivity contribution is -0.138. The Labute approximate surface area is 208 Å². The Bertz CT molecular complexity index is 1170. The summed E-state index contributed by atoms with van der Waals surface area (Å²) in [5.41, 5.74) is 6.27. The first-order chi connectivity index (χ1) is 17.2. The normalized spacial score (nSPS) is 20.4. The van der Waals surface area contributed by atoms with Crippen LogP contribution in [0.3, 0.4) is 0 Å². The van der Waals surface area contributed by atoms with Gasteiger partial charge in [0, 0.05) is 50.1 Å². The number of piperazine rings is 1. The average molecular weight is 472 g/mol. The number of fused-ring (bicyclic) bond motifs is 1. The van der Waals surface area contributed by atoms with Crippen LogP contribution in [-0.2, 0) is 4.79 Å². The van der Waals surface area contributed by atoms with Crippen LogP contribution < -0.4 is 4.90 Å². The van der Waals surface area contributed by atoms with Crippen molar-refractivity contribution in [2.45, 2.75) is 44.9 Å². The Morgan fingerprint density at radius 1 is 0.914 bits per heavy atom. The minimum absolute atomic E-state index is 0.290. The molecule has 0 spiro atoms. The number of rotatable bonds is 5. The van der Waals surface area contributed by atoms with E-state index in [4.69, 9.17) is 0 Å². The summed E-state index contributed by atoms with van der Waals surface area (Å²) in [7, 11) is 0. The topological polar surface area (TPSA) is 44.1 Å². The Morgan fingerprint density at radius 3 is 2.31 bits per heavy atom. The molecule has 3 fully saturated rings. The molecule has 1 aliphatic carbocycles. The van der Waals surface area contributed by atoms with E-state index in [1.807, 2.05) is 10.7 Å². The van der Waals surface area contributed by atoms with E-state index in [-0.39, 0.29) is 5.92 Å². The Balaban J connectivity index is 1.16. The van der Waals surface area contributed by atoms with Gasteiger partial charge in [-0.2, -0.15) is 5.10 Å². The molecule has 3 aliphatic rings. The first kappa shape index (κ1) is 22.6. The van der Waals surface area contributed by atoms with E-state index in [2.05, 4.69) is 69.3 Å². The second-order valence-corrected chi connectivity index (χ2v) is 10.5. The summed E-state index contributed by atoms with van der Waals surface area (Å²) in [5, 5.41) is 4.59. The quantitative estimate of drug-likeness (QED) is 0.543. The fourth-order valence-electron chi connectivity index (χ4n) is 6.04. The predicted octanol–water partition coefficient (Wildman–Crippen LogP) is 4.65. The number of anilines is 1. The van der Waals surface area contributed by atoms with Crippen LogP contribution in [-0.4, -0.2) is 71.1 Å². The van der Waals surface area contributed by atoms with Gasteiger partial charge in [0.1, 0.15) is 0 Å². The molecule has 0 N–H and O–H groups in total. The van der Waals surface area contributed by atoms with Gasteiger partial charge in [-0.3, -0.25) is 4.79 Å². The molecule has 0 radical (unpaired) electrons. The van der Waals surface area contributed by atoms with Gasteiger partial charge in [0.15, 0.2) is 0 Å². The lowest BCUT2D eigenvalue weighted by Gasteiger charge is -2.39. The molecule has 0 atom stereocenters. The minimum Gasteiger partial charge on any atom is -0.366 e. The summed E-state index contributed by atoms with van der Waals surface area (Å²) < 4.78 is 2.00. The number of benzene rings is 1. The molecule has 184 valence electrons. The average Bonchev–Trinajstić information content (AvgIpc) is 3.33. The third kappa shape index (κ3) is 4.44. The van der Waals surface area contributed by atoms with Gasteiger partial charge >= 0.3 is 0 Å². The highest BCUT2D eigenvalue weighted by molar-refractivity contribution is 5.81. The largest absolute Gasteiger partial charge is 0.366 e. The molecule has 3 aromatic rings. The van der Waals surface area contributed by atoms with Crippen molar-refractivity contribution in [2.24, 2.45) is 5.92 Å². The van der Waals surface area contributed by atoms with Crippen LogP contribution in [0.5, 0.6) is 0 Å². The van der Waals surface area contributed by atoms with Gasteiger partial charge < -0.3 is 14.7 Å². The Kier molecular flexibility index (Phi) is 6.23. The van der Waals surface area contributed by atoms with Gasteiger partial charge in [-0.25, -0.2) is 4.52 Å². The van der Waals surface area contributed by atoms with Crippen LogP contribution in [0.1, 0.15) is 50.5 Å². The van der Waals surface area contributed by atoms with E-state index in [0.717, 1.165) is 51.1 Å². The van der Waals surface area contributed by atoms with Gasteiger partial charge in [0.2, 0.25) is 5.91 Å². The molecule has 0 bridgehead atoms. The predicted molar refractivity (Wildman–Crippen MR) is 141 cm³/mol. The van der Waals surface area contributed by atoms with Crippen LogP contribution >= 0.6 is 0 Å². The molecule has 1 saturated carbocycles. The second-order valence-electron chi connectivity index (χ2n) is 10.5. The Morgan fingerprint density at radius 2 is 1.66 bits per heavy atom. The smallest absolute Gasteiger partial charge is 0.225 e.